The summed E-state index contributed by atoms with van der Waals surface area (Å²) in [6, 6.07) is 0. The largest absolute Gasteiger partial charge is 0.394 e. The number of hydrogen-bond donors (Lipinski definition) is 4. The molecule has 1 aliphatic heterocycles. The minimum atomic E-state index is -1.34. The van der Waals surface area contributed by atoms with Crippen molar-refractivity contribution in [2.75, 3.05) is 6.61 Å². The van der Waals surface area contributed by atoms with Crippen LogP contribution in [0.25, 0.3) is 0 Å². The summed E-state index contributed by atoms with van der Waals surface area (Å²) in [6.07, 6.45) is -2.35. The van der Waals surface area contributed by atoms with E-state index in [4.69, 9.17) is 9.84 Å². The van der Waals surface area contributed by atoms with Crippen LogP contribution in [0.4, 0.5) is 0 Å². The molecule has 0 aromatic rings. The summed E-state index contributed by atoms with van der Waals surface area (Å²) in [4.78, 5) is 0. The van der Waals surface area contributed by atoms with Crippen LogP contribution in [0.3, 0.4) is 0 Å². The Kier molecular flexibility index (Phi) is 4.64. The number of aliphatic hydroxyl groups excluding tert-OH is 4. The van der Waals surface area contributed by atoms with Gasteiger partial charge in [-0.1, -0.05) is 18.7 Å². The van der Waals surface area contributed by atoms with Crippen LogP contribution in [-0.2, 0) is 4.74 Å². The summed E-state index contributed by atoms with van der Waals surface area (Å²) in [7, 11) is 0. The number of aliphatic hydroxyl groups is 4. The predicted molar refractivity (Wildman–Crippen MR) is 57.7 cm³/mol. The van der Waals surface area contributed by atoms with Crippen LogP contribution in [-0.4, -0.2) is 57.6 Å². The zero-order valence-corrected chi connectivity index (χ0v) is 9.15. The molecule has 0 radical (unpaired) electrons. The fourth-order valence-electron chi connectivity index (χ4n) is 1.78. The SMILES string of the molecule is C=CC(=CC)C1OC(CO)C(O)C(O)C1O. The topological polar surface area (TPSA) is 90.2 Å². The third kappa shape index (κ3) is 2.34. The second-order valence-electron chi connectivity index (χ2n) is 3.74. The van der Waals surface area contributed by atoms with Gasteiger partial charge < -0.3 is 25.2 Å². The van der Waals surface area contributed by atoms with Gasteiger partial charge in [0.15, 0.2) is 0 Å². The van der Waals surface area contributed by atoms with Crippen LogP contribution >= 0.6 is 0 Å². The van der Waals surface area contributed by atoms with Gasteiger partial charge in [-0.2, -0.15) is 0 Å². The summed E-state index contributed by atoms with van der Waals surface area (Å²) in [5.41, 5.74) is 0.608. The highest BCUT2D eigenvalue weighted by Crippen LogP contribution is 2.26. The van der Waals surface area contributed by atoms with Crippen LogP contribution in [0.2, 0.25) is 0 Å². The molecule has 0 aromatic heterocycles. The lowest BCUT2D eigenvalue weighted by Crippen LogP contribution is -2.58. The second kappa shape index (κ2) is 5.56. The lowest BCUT2D eigenvalue weighted by atomic mass is 9.91. The molecule has 5 heteroatoms. The van der Waals surface area contributed by atoms with E-state index in [9.17, 15) is 15.3 Å². The van der Waals surface area contributed by atoms with Crippen LogP contribution in [0.1, 0.15) is 6.92 Å². The van der Waals surface area contributed by atoms with Crippen molar-refractivity contribution in [1.29, 1.82) is 0 Å². The molecular weight excluding hydrogens is 212 g/mol. The van der Waals surface area contributed by atoms with Crippen molar-refractivity contribution in [1.82, 2.24) is 0 Å². The van der Waals surface area contributed by atoms with E-state index in [1.807, 2.05) is 0 Å². The number of rotatable bonds is 3. The quantitative estimate of drug-likeness (QED) is 0.465. The molecule has 1 aliphatic rings. The third-order valence-corrected chi connectivity index (χ3v) is 2.79. The van der Waals surface area contributed by atoms with Crippen molar-refractivity contribution in [2.24, 2.45) is 0 Å². The number of ether oxygens (including phenoxy) is 1. The predicted octanol–water partition coefficient (Wildman–Crippen LogP) is -1.04. The van der Waals surface area contributed by atoms with Gasteiger partial charge in [0.1, 0.15) is 30.5 Å². The van der Waals surface area contributed by atoms with Crippen LogP contribution in [0.5, 0.6) is 0 Å². The standard InChI is InChI=1S/C11H18O5/c1-3-6(4-2)11-10(15)9(14)8(13)7(5-12)16-11/h3-4,7-15H,1,5H2,2H3. The van der Waals surface area contributed by atoms with Crippen molar-refractivity contribution >= 4 is 0 Å². The average Bonchev–Trinajstić information content (AvgIpc) is 2.30. The summed E-state index contributed by atoms with van der Waals surface area (Å²) in [5, 5.41) is 37.9. The first-order chi connectivity index (χ1) is 7.56. The van der Waals surface area contributed by atoms with Gasteiger partial charge in [0.2, 0.25) is 0 Å². The van der Waals surface area contributed by atoms with E-state index in [0.29, 0.717) is 5.57 Å². The maximum Gasteiger partial charge on any atom is 0.113 e. The van der Waals surface area contributed by atoms with Gasteiger partial charge in [-0.05, 0) is 12.5 Å². The number of allylic oxidation sites excluding steroid dienone is 1. The molecule has 0 bridgehead atoms. The first kappa shape index (κ1) is 13.3. The van der Waals surface area contributed by atoms with Crippen LogP contribution in [0, 0.1) is 0 Å². The van der Waals surface area contributed by atoms with Crippen molar-refractivity contribution in [3.8, 4) is 0 Å². The van der Waals surface area contributed by atoms with Crippen LogP contribution in [0.15, 0.2) is 24.3 Å². The van der Waals surface area contributed by atoms with Gasteiger partial charge in [0.25, 0.3) is 0 Å². The Morgan fingerprint density at radius 3 is 2.31 bits per heavy atom. The lowest BCUT2D eigenvalue weighted by molar-refractivity contribution is -0.218. The highest BCUT2D eigenvalue weighted by atomic mass is 16.5. The lowest BCUT2D eigenvalue weighted by Gasteiger charge is -2.40. The smallest absolute Gasteiger partial charge is 0.113 e. The molecule has 5 atom stereocenters. The van der Waals surface area contributed by atoms with Crippen molar-refractivity contribution in [2.45, 2.75) is 37.4 Å². The zero-order chi connectivity index (χ0) is 12.3. The fraction of sp³-hybridized carbons (Fsp3) is 0.636. The van der Waals surface area contributed by atoms with E-state index in [-0.39, 0.29) is 0 Å². The van der Waals surface area contributed by atoms with E-state index in [1.54, 1.807) is 13.0 Å². The molecule has 92 valence electrons. The maximum absolute atomic E-state index is 9.75. The Morgan fingerprint density at radius 1 is 1.25 bits per heavy atom. The molecule has 0 spiro atoms. The highest BCUT2D eigenvalue weighted by Gasteiger charge is 2.43. The minimum Gasteiger partial charge on any atom is -0.394 e. The maximum atomic E-state index is 9.75. The molecule has 1 saturated heterocycles. The molecule has 5 nitrogen and oxygen atoms in total. The molecule has 1 heterocycles. The molecule has 0 saturated carbocycles. The van der Waals surface area contributed by atoms with Gasteiger partial charge in [-0.3, -0.25) is 0 Å². The first-order valence-electron chi connectivity index (χ1n) is 5.16. The Bertz CT molecular complexity index is 274. The minimum absolute atomic E-state index is 0.421. The van der Waals surface area contributed by atoms with Gasteiger partial charge >= 0.3 is 0 Å². The van der Waals surface area contributed by atoms with E-state index >= 15 is 0 Å². The first-order valence-corrected chi connectivity index (χ1v) is 5.16. The summed E-state index contributed by atoms with van der Waals surface area (Å²) < 4.78 is 5.32. The molecule has 1 rings (SSSR count). The van der Waals surface area contributed by atoms with E-state index < -0.39 is 37.1 Å². The molecule has 0 aromatic carbocycles. The molecular formula is C11H18O5. The molecule has 0 aliphatic carbocycles. The average molecular weight is 230 g/mol. The Morgan fingerprint density at radius 2 is 1.88 bits per heavy atom. The van der Waals surface area contributed by atoms with Crippen molar-refractivity contribution < 1.29 is 25.2 Å². The highest BCUT2D eigenvalue weighted by molar-refractivity contribution is 5.23. The monoisotopic (exact) mass is 230 g/mol. The third-order valence-electron chi connectivity index (χ3n) is 2.79. The van der Waals surface area contributed by atoms with Crippen molar-refractivity contribution in [3.63, 3.8) is 0 Å². The molecule has 0 amide bonds. The van der Waals surface area contributed by atoms with Gasteiger partial charge in [-0.25, -0.2) is 0 Å². The molecule has 16 heavy (non-hydrogen) atoms. The molecule has 1 fully saturated rings. The number of hydrogen-bond acceptors (Lipinski definition) is 5. The fourth-order valence-corrected chi connectivity index (χ4v) is 1.78. The van der Waals surface area contributed by atoms with Crippen LogP contribution < -0.4 is 0 Å². The zero-order valence-electron chi connectivity index (χ0n) is 9.15. The Hall–Kier alpha value is -0.720. The second-order valence-corrected chi connectivity index (χ2v) is 3.74. The molecule has 5 unspecified atom stereocenters. The Labute approximate surface area is 94.3 Å². The van der Waals surface area contributed by atoms with Crippen molar-refractivity contribution in [3.05, 3.63) is 24.3 Å². The normalized spacial score (nSPS) is 40.8. The van der Waals surface area contributed by atoms with E-state index in [1.165, 1.54) is 6.08 Å². The van der Waals surface area contributed by atoms with Gasteiger partial charge in [0, 0.05) is 0 Å². The van der Waals surface area contributed by atoms with E-state index in [2.05, 4.69) is 6.58 Å². The summed E-state index contributed by atoms with van der Waals surface area (Å²) in [6.45, 7) is 4.90. The van der Waals surface area contributed by atoms with E-state index in [0.717, 1.165) is 0 Å². The summed E-state index contributed by atoms with van der Waals surface area (Å²) in [5.74, 6) is 0. The van der Waals surface area contributed by atoms with Gasteiger partial charge in [-0.15, -0.1) is 0 Å². The Balaban J connectivity index is 2.90. The van der Waals surface area contributed by atoms with Gasteiger partial charge in [0.05, 0.1) is 6.61 Å². The summed E-state index contributed by atoms with van der Waals surface area (Å²) >= 11 is 0. The molecule has 4 N–H and O–H groups in total.